The molecule has 3 aromatic rings. The largest absolute Gasteiger partial charge is 0.383 e. The number of nitrogens with zero attached hydrogens (tertiary/aromatic N) is 5. The summed E-state index contributed by atoms with van der Waals surface area (Å²) in [6.07, 6.45) is 4.25. The lowest BCUT2D eigenvalue weighted by molar-refractivity contribution is 0.784. The summed E-state index contributed by atoms with van der Waals surface area (Å²) in [5, 5.41) is 10.4. The third kappa shape index (κ3) is 2.69. The summed E-state index contributed by atoms with van der Waals surface area (Å²) in [4.78, 5) is 13.5. The molecule has 0 aliphatic rings. The summed E-state index contributed by atoms with van der Waals surface area (Å²) >= 11 is 0. The maximum absolute atomic E-state index is 9.55. The van der Waals surface area contributed by atoms with Gasteiger partial charge >= 0.3 is 0 Å². The summed E-state index contributed by atoms with van der Waals surface area (Å²) in [5.74, 6) is 1.49. The second-order valence-electron chi connectivity index (χ2n) is 6.06. The minimum Gasteiger partial charge on any atom is -0.383 e. The Morgan fingerprint density at radius 2 is 2.12 bits per heavy atom. The van der Waals surface area contributed by atoms with E-state index in [4.69, 9.17) is 5.73 Å². The lowest BCUT2D eigenvalue weighted by Crippen LogP contribution is -2.07. The SMILES string of the molecule is CCc1nc(C(C)C)c2c(C#N)cn(Cc3cccnc3N)c2n1. The van der Waals surface area contributed by atoms with Gasteiger partial charge in [0.05, 0.1) is 23.2 Å². The zero-order valence-electron chi connectivity index (χ0n) is 14.1. The average molecular weight is 320 g/mol. The van der Waals surface area contributed by atoms with Crippen molar-refractivity contribution in [2.45, 2.75) is 39.7 Å². The highest BCUT2D eigenvalue weighted by molar-refractivity contribution is 5.86. The van der Waals surface area contributed by atoms with Gasteiger partial charge in [0.15, 0.2) is 0 Å². The molecule has 122 valence electrons. The molecule has 0 atom stereocenters. The average Bonchev–Trinajstić information content (AvgIpc) is 2.93. The Morgan fingerprint density at radius 1 is 1.33 bits per heavy atom. The van der Waals surface area contributed by atoms with Crippen LogP contribution < -0.4 is 5.73 Å². The van der Waals surface area contributed by atoms with Crippen molar-refractivity contribution in [1.29, 1.82) is 5.26 Å². The van der Waals surface area contributed by atoms with E-state index in [0.717, 1.165) is 34.5 Å². The number of nitrogens with two attached hydrogens (primary N) is 1. The van der Waals surface area contributed by atoms with Crippen LogP contribution in [-0.4, -0.2) is 19.5 Å². The van der Waals surface area contributed by atoms with Crippen molar-refractivity contribution in [1.82, 2.24) is 19.5 Å². The molecular formula is C18H20N6. The van der Waals surface area contributed by atoms with Gasteiger partial charge in [-0.2, -0.15) is 5.26 Å². The number of fused-ring (bicyclic) bond motifs is 1. The van der Waals surface area contributed by atoms with Crippen LogP contribution in [0.5, 0.6) is 0 Å². The molecule has 0 fully saturated rings. The second-order valence-corrected chi connectivity index (χ2v) is 6.06. The van der Waals surface area contributed by atoms with Crippen LogP contribution in [0.25, 0.3) is 11.0 Å². The number of nitriles is 1. The normalized spacial score (nSPS) is 11.1. The van der Waals surface area contributed by atoms with Gasteiger partial charge < -0.3 is 10.3 Å². The molecule has 2 N–H and O–H groups in total. The third-order valence-corrected chi connectivity index (χ3v) is 4.04. The smallest absolute Gasteiger partial charge is 0.145 e. The zero-order chi connectivity index (χ0) is 17.3. The Bertz CT molecular complexity index is 933. The fraction of sp³-hybridized carbons (Fsp3) is 0.333. The lowest BCUT2D eigenvalue weighted by Gasteiger charge is -2.11. The minimum absolute atomic E-state index is 0.215. The van der Waals surface area contributed by atoms with Crippen LogP contribution in [0, 0.1) is 11.3 Å². The van der Waals surface area contributed by atoms with Crippen LogP contribution in [0.3, 0.4) is 0 Å². The van der Waals surface area contributed by atoms with Gasteiger partial charge in [-0.05, 0) is 12.0 Å². The van der Waals surface area contributed by atoms with Crippen LogP contribution in [-0.2, 0) is 13.0 Å². The van der Waals surface area contributed by atoms with Crippen molar-refractivity contribution in [3.63, 3.8) is 0 Å². The standard InChI is InChI=1S/C18H20N6/c1-4-14-22-16(11(2)3)15-13(8-19)10-24(18(15)23-14)9-12-6-5-7-21-17(12)20/h5-7,10-11H,4,9H2,1-3H3,(H2,20,21). The number of rotatable bonds is 4. The van der Waals surface area contributed by atoms with Crippen LogP contribution in [0.4, 0.5) is 5.82 Å². The van der Waals surface area contributed by atoms with Crippen molar-refractivity contribution in [2.24, 2.45) is 0 Å². The van der Waals surface area contributed by atoms with Crippen molar-refractivity contribution >= 4 is 16.9 Å². The molecule has 6 heteroatoms. The number of anilines is 1. The molecule has 0 aliphatic heterocycles. The van der Waals surface area contributed by atoms with E-state index in [9.17, 15) is 5.26 Å². The van der Waals surface area contributed by atoms with Crippen molar-refractivity contribution < 1.29 is 0 Å². The van der Waals surface area contributed by atoms with E-state index in [1.807, 2.05) is 29.8 Å². The topological polar surface area (TPSA) is 93.4 Å². The van der Waals surface area contributed by atoms with Gasteiger partial charge in [-0.3, -0.25) is 0 Å². The highest BCUT2D eigenvalue weighted by atomic mass is 15.1. The molecular weight excluding hydrogens is 300 g/mol. The van der Waals surface area contributed by atoms with E-state index < -0.39 is 0 Å². The van der Waals surface area contributed by atoms with Crippen LogP contribution in [0.1, 0.15) is 49.3 Å². The molecule has 0 spiro atoms. The van der Waals surface area contributed by atoms with E-state index in [-0.39, 0.29) is 5.92 Å². The van der Waals surface area contributed by atoms with Gasteiger partial charge in [-0.1, -0.05) is 26.8 Å². The highest BCUT2D eigenvalue weighted by Crippen LogP contribution is 2.28. The second kappa shape index (κ2) is 6.28. The first-order valence-electron chi connectivity index (χ1n) is 8.04. The molecule has 0 aliphatic carbocycles. The highest BCUT2D eigenvalue weighted by Gasteiger charge is 2.19. The van der Waals surface area contributed by atoms with Crippen molar-refractivity contribution in [2.75, 3.05) is 5.73 Å². The van der Waals surface area contributed by atoms with Crippen LogP contribution in [0.15, 0.2) is 24.5 Å². The zero-order valence-corrected chi connectivity index (χ0v) is 14.1. The van der Waals surface area contributed by atoms with Crippen molar-refractivity contribution in [3.8, 4) is 6.07 Å². The predicted octanol–water partition coefficient (Wildman–Crippen LogP) is 3.01. The van der Waals surface area contributed by atoms with Crippen LogP contribution >= 0.6 is 0 Å². The van der Waals surface area contributed by atoms with Crippen molar-refractivity contribution in [3.05, 3.63) is 47.2 Å². The maximum atomic E-state index is 9.55. The van der Waals surface area contributed by atoms with E-state index in [1.165, 1.54) is 0 Å². The van der Waals surface area contributed by atoms with Gasteiger partial charge in [-0.15, -0.1) is 0 Å². The maximum Gasteiger partial charge on any atom is 0.145 e. The first kappa shape index (κ1) is 15.9. The Balaban J connectivity index is 2.24. The van der Waals surface area contributed by atoms with E-state index in [2.05, 4.69) is 34.9 Å². The molecule has 3 rings (SSSR count). The molecule has 3 heterocycles. The number of aromatic nitrogens is 4. The fourth-order valence-corrected chi connectivity index (χ4v) is 2.81. The molecule has 24 heavy (non-hydrogen) atoms. The Labute approximate surface area is 141 Å². The molecule has 0 amide bonds. The number of hydrogen-bond acceptors (Lipinski definition) is 5. The number of aryl methyl sites for hydroxylation is 1. The molecule has 6 nitrogen and oxygen atoms in total. The third-order valence-electron chi connectivity index (χ3n) is 4.04. The number of hydrogen-bond donors (Lipinski definition) is 1. The molecule has 0 bridgehead atoms. The molecule has 3 aromatic heterocycles. The van der Waals surface area contributed by atoms with Gasteiger partial charge in [0.1, 0.15) is 23.4 Å². The summed E-state index contributed by atoms with van der Waals surface area (Å²) in [5.41, 5.74) is 9.17. The first-order valence-corrected chi connectivity index (χ1v) is 8.04. The molecule has 0 saturated carbocycles. The molecule has 0 aromatic carbocycles. The predicted molar refractivity (Wildman–Crippen MR) is 93.5 cm³/mol. The van der Waals surface area contributed by atoms with Gasteiger partial charge in [0, 0.05) is 24.4 Å². The summed E-state index contributed by atoms with van der Waals surface area (Å²) in [7, 11) is 0. The van der Waals surface area contributed by atoms with E-state index >= 15 is 0 Å². The minimum atomic E-state index is 0.215. The summed E-state index contributed by atoms with van der Waals surface area (Å²) in [6.45, 7) is 6.72. The number of pyridine rings is 1. The van der Waals surface area contributed by atoms with E-state index in [1.54, 1.807) is 6.20 Å². The quantitative estimate of drug-likeness (QED) is 0.797. The molecule has 0 saturated heterocycles. The number of nitrogen functional groups attached to an aromatic ring is 1. The fourth-order valence-electron chi connectivity index (χ4n) is 2.81. The Hall–Kier alpha value is -2.94. The lowest BCUT2D eigenvalue weighted by atomic mass is 10.0. The van der Waals surface area contributed by atoms with Gasteiger partial charge in [-0.25, -0.2) is 15.0 Å². The monoisotopic (exact) mass is 320 g/mol. The summed E-state index contributed by atoms with van der Waals surface area (Å²) < 4.78 is 1.97. The summed E-state index contributed by atoms with van der Waals surface area (Å²) in [6, 6.07) is 6.07. The first-order chi connectivity index (χ1) is 11.5. The van der Waals surface area contributed by atoms with Gasteiger partial charge in [0.2, 0.25) is 0 Å². The molecule has 0 radical (unpaired) electrons. The van der Waals surface area contributed by atoms with E-state index in [0.29, 0.717) is 17.9 Å². The molecule has 0 unspecified atom stereocenters. The van der Waals surface area contributed by atoms with Crippen LogP contribution in [0.2, 0.25) is 0 Å². The Kier molecular flexibility index (Phi) is 4.17. The Morgan fingerprint density at radius 3 is 2.75 bits per heavy atom. The van der Waals surface area contributed by atoms with Gasteiger partial charge in [0.25, 0.3) is 0 Å².